The summed E-state index contributed by atoms with van der Waals surface area (Å²) in [6.45, 7) is 4.49. The van der Waals surface area contributed by atoms with Gasteiger partial charge in [-0.2, -0.15) is 0 Å². The molecule has 1 fully saturated rings. The van der Waals surface area contributed by atoms with E-state index in [9.17, 15) is 14.9 Å². The molecule has 0 spiro atoms. The Morgan fingerprint density at radius 3 is 2.62 bits per heavy atom. The van der Waals surface area contributed by atoms with E-state index in [2.05, 4.69) is 9.88 Å². The molecule has 1 aliphatic rings. The van der Waals surface area contributed by atoms with Crippen molar-refractivity contribution in [2.75, 3.05) is 37.7 Å². The fourth-order valence-corrected chi connectivity index (χ4v) is 2.93. The van der Waals surface area contributed by atoms with E-state index in [1.165, 1.54) is 12.1 Å². The van der Waals surface area contributed by atoms with Crippen LogP contribution in [-0.2, 0) is 0 Å². The van der Waals surface area contributed by atoms with E-state index in [4.69, 9.17) is 4.74 Å². The van der Waals surface area contributed by atoms with Crippen molar-refractivity contribution in [1.29, 1.82) is 0 Å². The molecule has 2 heterocycles. The molecule has 1 saturated heterocycles. The molecule has 136 valence electrons. The van der Waals surface area contributed by atoms with Crippen LogP contribution in [0.1, 0.15) is 17.3 Å². The summed E-state index contributed by atoms with van der Waals surface area (Å²) >= 11 is 0. The average molecular weight is 356 g/mol. The molecule has 0 saturated carbocycles. The van der Waals surface area contributed by atoms with Crippen molar-refractivity contribution < 1.29 is 14.5 Å². The van der Waals surface area contributed by atoms with Crippen molar-refractivity contribution in [3.8, 4) is 5.75 Å². The summed E-state index contributed by atoms with van der Waals surface area (Å²) in [4.78, 5) is 31.6. The van der Waals surface area contributed by atoms with E-state index in [0.29, 0.717) is 38.3 Å². The highest BCUT2D eigenvalue weighted by Gasteiger charge is 2.25. The number of nitrogens with zero attached hydrogens (tertiary/aromatic N) is 4. The van der Waals surface area contributed by atoms with Crippen molar-refractivity contribution in [2.45, 2.75) is 6.92 Å². The molecule has 8 heteroatoms. The Labute approximate surface area is 151 Å². The van der Waals surface area contributed by atoms with Crippen LogP contribution in [0, 0.1) is 10.1 Å². The minimum atomic E-state index is -0.527. The number of ether oxygens (including phenoxy) is 1. The fraction of sp³-hybridized carbons (Fsp3) is 0.333. The second-order valence-corrected chi connectivity index (χ2v) is 5.84. The molecule has 0 unspecified atom stereocenters. The summed E-state index contributed by atoms with van der Waals surface area (Å²) in [7, 11) is 0. The lowest BCUT2D eigenvalue weighted by atomic mass is 10.1. The van der Waals surface area contributed by atoms with Gasteiger partial charge in [0.25, 0.3) is 5.91 Å². The van der Waals surface area contributed by atoms with Gasteiger partial charge < -0.3 is 14.5 Å². The van der Waals surface area contributed by atoms with E-state index in [0.717, 1.165) is 5.82 Å². The van der Waals surface area contributed by atoms with Crippen LogP contribution in [0.5, 0.6) is 5.75 Å². The van der Waals surface area contributed by atoms with Crippen LogP contribution in [0.4, 0.5) is 11.5 Å². The van der Waals surface area contributed by atoms with Crippen molar-refractivity contribution in [1.82, 2.24) is 9.88 Å². The van der Waals surface area contributed by atoms with Crippen LogP contribution in [0.15, 0.2) is 42.6 Å². The predicted octanol–water partition coefficient (Wildman–Crippen LogP) is 2.35. The second kappa shape index (κ2) is 7.81. The number of nitro benzene ring substituents is 1. The summed E-state index contributed by atoms with van der Waals surface area (Å²) in [6, 6.07) is 10.1. The molecule has 1 amide bonds. The number of aromatic nitrogens is 1. The van der Waals surface area contributed by atoms with Gasteiger partial charge in [-0.15, -0.1) is 0 Å². The maximum Gasteiger partial charge on any atom is 0.311 e. The maximum atomic E-state index is 12.7. The number of hydrogen-bond donors (Lipinski definition) is 0. The normalized spacial score (nSPS) is 14.2. The number of pyridine rings is 1. The fourth-order valence-electron chi connectivity index (χ4n) is 2.93. The highest BCUT2D eigenvalue weighted by Crippen LogP contribution is 2.28. The topological polar surface area (TPSA) is 88.8 Å². The Hall–Kier alpha value is -3.16. The first kappa shape index (κ1) is 17.7. The van der Waals surface area contributed by atoms with Crippen LogP contribution in [0.25, 0.3) is 0 Å². The van der Waals surface area contributed by atoms with E-state index in [1.807, 2.05) is 18.2 Å². The number of nitro groups is 1. The first-order valence-corrected chi connectivity index (χ1v) is 8.46. The van der Waals surface area contributed by atoms with Gasteiger partial charge in [-0.3, -0.25) is 14.9 Å². The Morgan fingerprint density at radius 1 is 1.23 bits per heavy atom. The van der Waals surface area contributed by atoms with Gasteiger partial charge in [-0.05, 0) is 31.2 Å². The summed E-state index contributed by atoms with van der Waals surface area (Å²) in [6.07, 6.45) is 1.74. The highest BCUT2D eigenvalue weighted by molar-refractivity contribution is 5.95. The Balaban J connectivity index is 1.70. The Bertz CT molecular complexity index is 789. The van der Waals surface area contributed by atoms with E-state index < -0.39 is 4.92 Å². The summed E-state index contributed by atoms with van der Waals surface area (Å²) in [5.74, 6) is 0.849. The second-order valence-electron chi connectivity index (χ2n) is 5.84. The third-order valence-corrected chi connectivity index (χ3v) is 4.24. The largest absolute Gasteiger partial charge is 0.487 e. The third-order valence-electron chi connectivity index (χ3n) is 4.24. The minimum Gasteiger partial charge on any atom is -0.487 e. The smallest absolute Gasteiger partial charge is 0.311 e. The number of piperazine rings is 1. The van der Waals surface area contributed by atoms with Crippen molar-refractivity contribution in [3.05, 3.63) is 58.3 Å². The summed E-state index contributed by atoms with van der Waals surface area (Å²) in [5, 5.41) is 11.2. The number of carbonyl (C=O) groups is 1. The van der Waals surface area contributed by atoms with Crippen molar-refractivity contribution >= 4 is 17.4 Å². The lowest BCUT2D eigenvalue weighted by Gasteiger charge is -2.35. The van der Waals surface area contributed by atoms with Gasteiger partial charge in [0, 0.05) is 44.0 Å². The van der Waals surface area contributed by atoms with Crippen LogP contribution in [0.3, 0.4) is 0 Å². The Kier molecular flexibility index (Phi) is 5.31. The number of rotatable bonds is 5. The number of amides is 1. The molecule has 0 atom stereocenters. The zero-order chi connectivity index (χ0) is 18.5. The van der Waals surface area contributed by atoms with Gasteiger partial charge in [-0.25, -0.2) is 4.98 Å². The molecule has 1 aromatic carbocycles. The third kappa shape index (κ3) is 3.74. The molecule has 0 aliphatic carbocycles. The molecule has 1 aromatic heterocycles. The predicted molar refractivity (Wildman–Crippen MR) is 96.6 cm³/mol. The molecule has 1 aliphatic heterocycles. The number of carbonyl (C=O) groups excluding carboxylic acids is 1. The number of anilines is 1. The van der Waals surface area contributed by atoms with Gasteiger partial charge >= 0.3 is 5.69 Å². The number of hydrogen-bond acceptors (Lipinski definition) is 6. The first-order valence-electron chi connectivity index (χ1n) is 8.46. The quantitative estimate of drug-likeness (QED) is 0.603. The van der Waals surface area contributed by atoms with Gasteiger partial charge in [0.05, 0.1) is 11.5 Å². The molecule has 0 N–H and O–H groups in total. The lowest BCUT2D eigenvalue weighted by molar-refractivity contribution is -0.385. The summed E-state index contributed by atoms with van der Waals surface area (Å²) < 4.78 is 5.26. The van der Waals surface area contributed by atoms with Crippen LogP contribution < -0.4 is 9.64 Å². The molecule has 2 aromatic rings. The zero-order valence-corrected chi connectivity index (χ0v) is 14.5. The summed E-state index contributed by atoms with van der Waals surface area (Å²) in [5.41, 5.74) is 0.108. The van der Waals surface area contributed by atoms with Gasteiger partial charge in [0.15, 0.2) is 5.75 Å². The molecule has 3 rings (SSSR count). The molecular formula is C18H20N4O4. The molecular weight excluding hydrogens is 336 g/mol. The van der Waals surface area contributed by atoms with Crippen LogP contribution in [0.2, 0.25) is 0 Å². The SMILES string of the molecule is CCOc1ccc(C(=O)N2CCN(c3ccccn3)CC2)cc1[N+](=O)[O-]. The lowest BCUT2D eigenvalue weighted by Crippen LogP contribution is -2.49. The van der Waals surface area contributed by atoms with Crippen LogP contribution >= 0.6 is 0 Å². The standard InChI is InChI=1S/C18H20N4O4/c1-2-26-16-7-6-14(13-15(16)22(24)25)18(23)21-11-9-20(10-12-21)17-5-3-4-8-19-17/h3-8,13H,2,9-12H2,1H3. The maximum absolute atomic E-state index is 12.7. The van der Waals surface area contributed by atoms with Crippen molar-refractivity contribution in [2.24, 2.45) is 0 Å². The van der Waals surface area contributed by atoms with Gasteiger partial charge in [-0.1, -0.05) is 6.07 Å². The highest BCUT2D eigenvalue weighted by atomic mass is 16.6. The van der Waals surface area contributed by atoms with E-state index >= 15 is 0 Å². The minimum absolute atomic E-state index is 0.175. The van der Waals surface area contributed by atoms with Gasteiger partial charge in [0.2, 0.25) is 0 Å². The molecule has 26 heavy (non-hydrogen) atoms. The van der Waals surface area contributed by atoms with Crippen LogP contribution in [-0.4, -0.2) is 53.5 Å². The average Bonchev–Trinajstić information content (AvgIpc) is 2.68. The van der Waals surface area contributed by atoms with E-state index in [-0.39, 0.29) is 17.3 Å². The first-order chi connectivity index (χ1) is 12.6. The van der Waals surface area contributed by atoms with Gasteiger partial charge in [0.1, 0.15) is 5.82 Å². The Morgan fingerprint density at radius 2 is 2.00 bits per heavy atom. The molecule has 8 nitrogen and oxygen atoms in total. The zero-order valence-electron chi connectivity index (χ0n) is 14.5. The van der Waals surface area contributed by atoms with Crippen molar-refractivity contribution in [3.63, 3.8) is 0 Å². The molecule has 0 bridgehead atoms. The van der Waals surface area contributed by atoms with E-state index in [1.54, 1.807) is 24.1 Å². The number of benzene rings is 1. The molecule has 0 radical (unpaired) electrons. The monoisotopic (exact) mass is 356 g/mol.